The van der Waals surface area contributed by atoms with Gasteiger partial charge >= 0.3 is 0 Å². The number of piperidine rings is 1. The summed E-state index contributed by atoms with van der Waals surface area (Å²) in [5, 5.41) is 2.82. The molecule has 0 spiro atoms. The van der Waals surface area contributed by atoms with E-state index in [1.54, 1.807) is 28.6 Å². The monoisotopic (exact) mass is 414 g/mol. The quantitative estimate of drug-likeness (QED) is 0.833. The number of amides is 1. The van der Waals surface area contributed by atoms with Gasteiger partial charge < -0.3 is 10.1 Å². The maximum absolute atomic E-state index is 13.0. The number of sulfonamides is 1. The zero-order valence-corrected chi connectivity index (χ0v) is 17.5. The first-order valence-corrected chi connectivity index (χ1v) is 11.4. The Balaban J connectivity index is 1.42. The molecule has 1 fully saturated rings. The standard InChI is InChI=1S/C22H26N2O4S/c1-15-11-16(2)14-24(13-15)29(26,27)19-9-7-18(8-10-19)23-22(25)21-12-17-5-3-4-6-20(17)28-21/h3-10,15-16,21H,11-14H2,1-2H3,(H,23,25)/t15-,16-,21+/m1/s1. The van der Waals surface area contributed by atoms with E-state index in [2.05, 4.69) is 19.2 Å². The van der Waals surface area contributed by atoms with Gasteiger partial charge in [0.05, 0.1) is 4.90 Å². The number of nitrogens with zero attached hydrogens (tertiary/aromatic N) is 1. The van der Waals surface area contributed by atoms with Crippen LogP contribution in [0, 0.1) is 11.8 Å². The second-order valence-corrected chi connectivity index (χ2v) is 10.1. The molecular weight excluding hydrogens is 388 g/mol. The number of hydrogen-bond donors (Lipinski definition) is 1. The van der Waals surface area contributed by atoms with Crippen LogP contribution in [0.2, 0.25) is 0 Å². The van der Waals surface area contributed by atoms with E-state index >= 15 is 0 Å². The number of para-hydroxylation sites is 1. The molecular formula is C22H26N2O4S. The average molecular weight is 415 g/mol. The van der Waals surface area contributed by atoms with Crippen LogP contribution >= 0.6 is 0 Å². The van der Waals surface area contributed by atoms with Crippen LogP contribution in [0.15, 0.2) is 53.4 Å². The second-order valence-electron chi connectivity index (χ2n) is 8.20. The molecule has 2 aliphatic heterocycles. The molecule has 3 atom stereocenters. The molecule has 0 aliphatic carbocycles. The number of hydrogen-bond acceptors (Lipinski definition) is 4. The maximum atomic E-state index is 13.0. The van der Waals surface area contributed by atoms with E-state index in [1.807, 2.05) is 24.3 Å². The Labute approximate surface area is 171 Å². The summed E-state index contributed by atoms with van der Waals surface area (Å²) < 4.78 is 33.2. The summed E-state index contributed by atoms with van der Waals surface area (Å²) in [7, 11) is -3.53. The molecule has 7 heteroatoms. The number of rotatable bonds is 4. The average Bonchev–Trinajstić information content (AvgIpc) is 3.12. The van der Waals surface area contributed by atoms with Crippen molar-refractivity contribution in [2.45, 2.75) is 37.7 Å². The van der Waals surface area contributed by atoms with Crippen molar-refractivity contribution in [2.24, 2.45) is 11.8 Å². The van der Waals surface area contributed by atoms with E-state index in [0.29, 0.717) is 37.0 Å². The second kappa shape index (κ2) is 7.80. The summed E-state index contributed by atoms with van der Waals surface area (Å²) in [6, 6.07) is 14.0. The zero-order chi connectivity index (χ0) is 20.6. The summed E-state index contributed by atoms with van der Waals surface area (Å²) in [4.78, 5) is 12.8. The first-order valence-electron chi connectivity index (χ1n) is 9.98. The van der Waals surface area contributed by atoms with E-state index in [0.717, 1.165) is 17.7 Å². The lowest BCUT2D eigenvalue weighted by Gasteiger charge is -2.34. The molecule has 1 amide bonds. The normalized spacial score (nSPS) is 24.6. The number of fused-ring (bicyclic) bond motifs is 1. The Hall–Kier alpha value is -2.38. The van der Waals surface area contributed by atoms with Gasteiger partial charge in [-0.15, -0.1) is 0 Å². The highest BCUT2D eigenvalue weighted by Gasteiger charge is 2.32. The van der Waals surface area contributed by atoms with Gasteiger partial charge in [0.25, 0.3) is 5.91 Å². The Kier molecular flexibility index (Phi) is 5.36. The lowest BCUT2D eigenvalue weighted by molar-refractivity contribution is -0.122. The van der Waals surface area contributed by atoms with Gasteiger partial charge in [-0.1, -0.05) is 32.0 Å². The highest BCUT2D eigenvalue weighted by Crippen LogP contribution is 2.29. The predicted molar refractivity (Wildman–Crippen MR) is 111 cm³/mol. The van der Waals surface area contributed by atoms with Gasteiger partial charge in [-0.3, -0.25) is 4.79 Å². The number of carbonyl (C=O) groups excluding carboxylic acids is 1. The molecule has 29 heavy (non-hydrogen) atoms. The minimum Gasteiger partial charge on any atom is -0.480 e. The van der Waals surface area contributed by atoms with Crippen molar-refractivity contribution in [3.05, 3.63) is 54.1 Å². The first kappa shape index (κ1) is 19.9. The number of anilines is 1. The summed E-state index contributed by atoms with van der Waals surface area (Å²) in [6.07, 6.45) is 0.997. The fourth-order valence-corrected chi connectivity index (χ4v) is 5.89. The maximum Gasteiger partial charge on any atom is 0.265 e. The predicted octanol–water partition coefficient (Wildman–Crippen LogP) is 3.30. The third-order valence-corrected chi connectivity index (χ3v) is 7.38. The zero-order valence-electron chi connectivity index (χ0n) is 16.7. The van der Waals surface area contributed by atoms with Crippen LogP contribution in [0.1, 0.15) is 25.8 Å². The number of benzene rings is 2. The van der Waals surface area contributed by atoms with Crippen LogP contribution in [0.4, 0.5) is 5.69 Å². The van der Waals surface area contributed by atoms with E-state index < -0.39 is 16.1 Å². The molecule has 2 heterocycles. The van der Waals surface area contributed by atoms with Crippen LogP contribution in [-0.2, 0) is 21.2 Å². The Morgan fingerprint density at radius 3 is 2.34 bits per heavy atom. The van der Waals surface area contributed by atoms with Gasteiger partial charge in [-0.25, -0.2) is 8.42 Å². The topological polar surface area (TPSA) is 75.7 Å². The SMILES string of the molecule is C[C@@H]1C[C@@H](C)CN(S(=O)(=O)c2ccc(NC(=O)[C@@H]3Cc4ccccc4O3)cc2)C1. The van der Waals surface area contributed by atoms with E-state index in [4.69, 9.17) is 4.74 Å². The van der Waals surface area contributed by atoms with Crippen LogP contribution in [0.5, 0.6) is 5.75 Å². The van der Waals surface area contributed by atoms with Crippen molar-refractivity contribution < 1.29 is 17.9 Å². The van der Waals surface area contributed by atoms with Crippen LogP contribution in [0.25, 0.3) is 0 Å². The van der Waals surface area contributed by atoms with Gasteiger partial charge in [0.1, 0.15) is 5.75 Å². The van der Waals surface area contributed by atoms with E-state index in [-0.39, 0.29) is 10.8 Å². The third-order valence-electron chi connectivity index (χ3n) is 5.53. The lowest BCUT2D eigenvalue weighted by Crippen LogP contribution is -2.42. The molecule has 0 radical (unpaired) electrons. The highest BCUT2D eigenvalue weighted by atomic mass is 32.2. The molecule has 0 unspecified atom stereocenters. The number of nitrogens with one attached hydrogen (secondary N) is 1. The van der Waals surface area contributed by atoms with Crippen molar-refractivity contribution in [3.8, 4) is 5.75 Å². The molecule has 2 aromatic rings. The summed E-state index contributed by atoms with van der Waals surface area (Å²) in [5.41, 5.74) is 1.56. The van der Waals surface area contributed by atoms with Crippen LogP contribution < -0.4 is 10.1 Å². The van der Waals surface area contributed by atoms with Gasteiger partial charge in [0.2, 0.25) is 10.0 Å². The Bertz CT molecular complexity index is 969. The van der Waals surface area contributed by atoms with Gasteiger partial charge in [0, 0.05) is 25.2 Å². The van der Waals surface area contributed by atoms with Crippen molar-refractivity contribution in [1.29, 1.82) is 0 Å². The van der Waals surface area contributed by atoms with Gasteiger partial charge in [-0.2, -0.15) is 4.31 Å². The number of ether oxygens (including phenoxy) is 1. The minimum absolute atomic E-state index is 0.240. The number of carbonyl (C=O) groups is 1. The van der Waals surface area contributed by atoms with Crippen LogP contribution in [0.3, 0.4) is 0 Å². The Morgan fingerprint density at radius 2 is 1.69 bits per heavy atom. The molecule has 1 N–H and O–H groups in total. The van der Waals surface area contributed by atoms with Crippen molar-refractivity contribution in [2.75, 3.05) is 18.4 Å². The molecule has 6 nitrogen and oxygen atoms in total. The summed E-state index contributed by atoms with van der Waals surface area (Å²) >= 11 is 0. The fraction of sp³-hybridized carbons (Fsp3) is 0.409. The van der Waals surface area contributed by atoms with Crippen molar-refractivity contribution in [1.82, 2.24) is 4.31 Å². The molecule has 2 aromatic carbocycles. The van der Waals surface area contributed by atoms with Crippen molar-refractivity contribution in [3.63, 3.8) is 0 Å². The van der Waals surface area contributed by atoms with Gasteiger partial charge in [-0.05, 0) is 54.2 Å². The van der Waals surface area contributed by atoms with Crippen LogP contribution in [-0.4, -0.2) is 37.8 Å². The lowest BCUT2D eigenvalue weighted by atomic mass is 9.94. The van der Waals surface area contributed by atoms with Gasteiger partial charge in [0.15, 0.2) is 6.10 Å². The highest BCUT2D eigenvalue weighted by molar-refractivity contribution is 7.89. The van der Waals surface area contributed by atoms with Crippen molar-refractivity contribution >= 4 is 21.6 Å². The molecule has 0 saturated carbocycles. The largest absolute Gasteiger partial charge is 0.480 e. The van der Waals surface area contributed by atoms with E-state index in [9.17, 15) is 13.2 Å². The molecule has 1 saturated heterocycles. The molecule has 0 bridgehead atoms. The third kappa shape index (κ3) is 4.16. The minimum atomic E-state index is -3.53. The molecule has 154 valence electrons. The summed E-state index contributed by atoms with van der Waals surface area (Å²) in [5.74, 6) is 1.19. The van der Waals surface area contributed by atoms with E-state index in [1.165, 1.54) is 0 Å². The fourth-order valence-electron chi connectivity index (χ4n) is 4.21. The molecule has 0 aromatic heterocycles. The summed E-state index contributed by atoms with van der Waals surface area (Å²) in [6.45, 7) is 5.26. The Morgan fingerprint density at radius 1 is 1.03 bits per heavy atom. The molecule has 2 aliphatic rings. The molecule has 4 rings (SSSR count). The smallest absolute Gasteiger partial charge is 0.265 e. The first-order chi connectivity index (χ1) is 13.8.